The normalized spacial score (nSPS) is 14.5. The molecule has 0 heterocycles. The minimum atomic E-state index is 0.134. The summed E-state index contributed by atoms with van der Waals surface area (Å²) in [5.74, 6) is 1.16. The van der Waals surface area contributed by atoms with E-state index in [9.17, 15) is 4.79 Å². The van der Waals surface area contributed by atoms with Gasteiger partial charge in [0.05, 0.1) is 0 Å². The van der Waals surface area contributed by atoms with Crippen LogP contribution < -0.4 is 10.1 Å². The van der Waals surface area contributed by atoms with Crippen LogP contribution in [0.2, 0.25) is 0 Å². The lowest BCUT2D eigenvalue weighted by Gasteiger charge is -2.24. The molecule has 2 rings (SSSR count). The van der Waals surface area contributed by atoms with Crippen LogP contribution in [0.4, 0.5) is 5.69 Å². The molecule has 0 saturated heterocycles. The van der Waals surface area contributed by atoms with Crippen LogP contribution in [0.25, 0.3) is 0 Å². The smallest absolute Gasteiger partial charge is 0.227 e. The third-order valence-electron chi connectivity index (χ3n) is 5.96. The van der Waals surface area contributed by atoms with E-state index in [-0.39, 0.29) is 11.8 Å². The highest BCUT2D eigenvalue weighted by Gasteiger charge is 2.25. The van der Waals surface area contributed by atoms with Crippen molar-refractivity contribution >= 4 is 11.6 Å². The maximum Gasteiger partial charge on any atom is 0.227 e. The predicted molar refractivity (Wildman–Crippen MR) is 137 cm³/mol. The van der Waals surface area contributed by atoms with Gasteiger partial charge in [0.25, 0.3) is 0 Å². The predicted octanol–water partition coefficient (Wildman–Crippen LogP) is 7.95. The van der Waals surface area contributed by atoms with Gasteiger partial charge >= 0.3 is 0 Å². The topological polar surface area (TPSA) is 38.3 Å². The number of carbonyl (C=O) groups is 1. The van der Waals surface area contributed by atoms with Crippen LogP contribution in [0.1, 0.15) is 78.2 Å². The summed E-state index contributed by atoms with van der Waals surface area (Å²) in [7, 11) is 0. The third-order valence-corrected chi connectivity index (χ3v) is 5.96. The fraction of sp³-hybridized carbons (Fsp3) is 0.483. The third kappa shape index (κ3) is 9.30. The average molecular weight is 436 g/mol. The van der Waals surface area contributed by atoms with Crippen molar-refractivity contribution in [3.8, 4) is 5.75 Å². The van der Waals surface area contributed by atoms with Crippen molar-refractivity contribution in [1.29, 1.82) is 0 Å². The van der Waals surface area contributed by atoms with Gasteiger partial charge < -0.3 is 10.1 Å². The second kappa shape index (κ2) is 13.8. The van der Waals surface area contributed by atoms with Gasteiger partial charge in [-0.1, -0.05) is 41.4 Å². The molecule has 1 saturated carbocycles. The van der Waals surface area contributed by atoms with Crippen LogP contribution in [-0.4, -0.2) is 12.5 Å². The van der Waals surface area contributed by atoms with E-state index < -0.39 is 0 Å². The Morgan fingerprint density at radius 1 is 1.06 bits per heavy atom. The molecular formula is C29H41NO2. The largest absolute Gasteiger partial charge is 0.489 e. The van der Waals surface area contributed by atoms with Crippen molar-refractivity contribution in [3.63, 3.8) is 0 Å². The van der Waals surface area contributed by atoms with Gasteiger partial charge in [-0.05, 0) is 102 Å². The molecule has 3 heteroatoms. The summed E-state index contributed by atoms with van der Waals surface area (Å²) < 4.78 is 6.04. The molecule has 1 fully saturated rings. The molecule has 1 aliphatic carbocycles. The molecule has 1 N–H and O–H groups in total. The first-order chi connectivity index (χ1) is 15.4. The average Bonchev–Trinajstić information content (AvgIpc) is 2.68. The molecular weight excluding hydrogens is 394 g/mol. The Morgan fingerprint density at radius 2 is 1.75 bits per heavy atom. The minimum Gasteiger partial charge on any atom is -0.489 e. The van der Waals surface area contributed by atoms with Crippen molar-refractivity contribution in [2.24, 2.45) is 5.92 Å². The van der Waals surface area contributed by atoms with Gasteiger partial charge in [-0.15, -0.1) is 6.58 Å². The molecule has 1 amide bonds. The van der Waals surface area contributed by atoms with Crippen molar-refractivity contribution in [2.75, 3.05) is 11.9 Å². The van der Waals surface area contributed by atoms with E-state index in [0.29, 0.717) is 13.0 Å². The van der Waals surface area contributed by atoms with Crippen LogP contribution in [0.15, 0.2) is 65.8 Å². The summed E-state index contributed by atoms with van der Waals surface area (Å²) in [6, 6.07) is 5.89. The summed E-state index contributed by atoms with van der Waals surface area (Å²) in [5.41, 5.74) is 6.08. The quantitative estimate of drug-likeness (QED) is 0.319. The number of hydrogen-bond donors (Lipinski definition) is 1. The molecule has 0 unspecified atom stereocenters. The van der Waals surface area contributed by atoms with Gasteiger partial charge in [0, 0.05) is 11.6 Å². The lowest BCUT2D eigenvalue weighted by molar-refractivity contribution is -0.122. The maximum absolute atomic E-state index is 12.2. The highest BCUT2D eigenvalue weighted by molar-refractivity contribution is 5.93. The lowest BCUT2D eigenvalue weighted by Crippen LogP contribution is -2.28. The summed E-state index contributed by atoms with van der Waals surface area (Å²) in [6.07, 6.45) is 17.0. The molecule has 1 aliphatic rings. The standard InChI is InChI=1S/C29H41NO2/c1-6-10-26-21-27(30-29(31)25-15-9-16-25)17-18-28(26)32-20-19-24(5)14-8-13-23(4)12-7-11-22(2)3/h6,11,13,17-19,21,25H,1,7-10,12,14-16,20H2,2-5H3,(H,30,31)/b23-13+,24-19+. The van der Waals surface area contributed by atoms with E-state index in [1.165, 1.54) is 16.7 Å². The zero-order valence-corrected chi connectivity index (χ0v) is 20.5. The van der Waals surface area contributed by atoms with E-state index >= 15 is 0 Å². The van der Waals surface area contributed by atoms with E-state index in [0.717, 1.165) is 61.9 Å². The zero-order chi connectivity index (χ0) is 23.3. The fourth-order valence-electron chi connectivity index (χ4n) is 3.64. The second-order valence-electron chi connectivity index (χ2n) is 9.20. The number of ether oxygens (including phenoxy) is 1. The number of carbonyl (C=O) groups excluding carboxylic acids is 1. The van der Waals surface area contributed by atoms with Gasteiger partial charge in [0.15, 0.2) is 0 Å². The Hall–Kier alpha value is -2.55. The molecule has 0 atom stereocenters. The van der Waals surface area contributed by atoms with Crippen molar-refractivity contribution in [2.45, 2.75) is 79.1 Å². The highest BCUT2D eigenvalue weighted by atomic mass is 16.5. The Labute approximate surface area is 195 Å². The Bertz CT molecular complexity index is 852. The number of amides is 1. The van der Waals surface area contributed by atoms with Crippen LogP contribution in [0.3, 0.4) is 0 Å². The van der Waals surface area contributed by atoms with Gasteiger partial charge in [-0.2, -0.15) is 0 Å². The molecule has 0 aliphatic heterocycles. The van der Waals surface area contributed by atoms with Crippen molar-refractivity contribution in [1.82, 2.24) is 0 Å². The highest BCUT2D eigenvalue weighted by Crippen LogP contribution is 2.29. The minimum absolute atomic E-state index is 0.134. The fourth-order valence-corrected chi connectivity index (χ4v) is 3.64. The van der Waals surface area contributed by atoms with Gasteiger partial charge in [0.1, 0.15) is 12.4 Å². The number of nitrogens with one attached hydrogen (secondary N) is 1. The SMILES string of the molecule is C=CCc1cc(NC(=O)C2CCC2)ccc1OC/C=C(\C)CC/C=C(\C)CCC=C(C)C. The number of anilines is 1. The zero-order valence-electron chi connectivity index (χ0n) is 20.5. The molecule has 174 valence electrons. The first-order valence-electron chi connectivity index (χ1n) is 12.0. The molecule has 0 spiro atoms. The van der Waals surface area contributed by atoms with Crippen LogP contribution in [0.5, 0.6) is 5.75 Å². The van der Waals surface area contributed by atoms with Crippen molar-refractivity contribution < 1.29 is 9.53 Å². The molecule has 0 bridgehead atoms. The molecule has 0 aromatic heterocycles. The monoisotopic (exact) mass is 435 g/mol. The van der Waals surface area contributed by atoms with E-state index in [4.69, 9.17) is 4.74 Å². The Kier molecular flexibility index (Phi) is 11.1. The summed E-state index contributed by atoms with van der Waals surface area (Å²) in [4.78, 5) is 12.2. The molecule has 3 nitrogen and oxygen atoms in total. The Balaban J connectivity index is 1.83. The number of allylic oxidation sites excluding steroid dienone is 6. The van der Waals surface area contributed by atoms with E-state index in [2.05, 4.69) is 57.8 Å². The van der Waals surface area contributed by atoms with Gasteiger partial charge in [-0.25, -0.2) is 0 Å². The molecule has 1 aromatic carbocycles. The van der Waals surface area contributed by atoms with Crippen LogP contribution in [-0.2, 0) is 11.2 Å². The van der Waals surface area contributed by atoms with Gasteiger partial charge in [0.2, 0.25) is 5.91 Å². The maximum atomic E-state index is 12.2. The summed E-state index contributed by atoms with van der Waals surface area (Å²) in [6.45, 7) is 13.1. The Morgan fingerprint density at radius 3 is 2.38 bits per heavy atom. The second-order valence-corrected chi connectivity index (χ2v) is 9.20. The number of rotatable bonds is 13. The summed E-state index contributed by atoms with van der Waals surface area (Å²) >= 11 is 0. The molecule has 1 aromatic rings. The van der Waals surface area contributed by atoms with E-state index in [1.54, 1.807) is 0 Å². The van der Waals surface area contributed by atoms with Crippen molar-refractivity contribution in [3.05, 3.63) is 71.4 Å². The first kappa shape index (κ1) is 25.7. The van der Waals surface area contributed by atoms with Crippen LogP contribution >= 0.6 is 0 Å². The van der Waals surface area contributed by atoms with E-state index in [1.807, 2.05) is 24.3 Å². The first-order valence-corrected chi connectivity index (χ1v) is 12.0. The number of hydrogen-bond acceptors (Lipinski definition) is 2. The van der Waals surface area contributed by atoms with Crippen LogP contribution in [0, 0.1) is 5.92 Å². The molecule has 32 heavy (non-hydrogen) atoms. The molecule has 0 radical (unpaired) electrons. The number of benzene rings is 1. The van der Waals surface area contributed by atoms with Gasteiger partial charge in [-0.3, -0.25) is 4.79 Å². The summed E-state index contributed by atoms with van der Waals surface area (Å²) in [5, 5.41) is 3.05. The lowest BCUT2D eigenvalue weighted by atomic mass is 9.85.